The van der Waals surface area contributed by atoms with Gasteiger partial charge in [-0.2, -0.15) is 0 Å². The summed E-state index contributed by atoms with van der Waals surface area (Å²) < 4.78 is 10.8. The first-order valence-corrected chi connectivity index (χ1v) is 9.27. The van der Waals surface area contributed by atoms with Crippen molar-refractivity contribution in [1.82, 2.24) is 4.90 Å². The van der Waals surface area contributed by atoms with Gasteiger partial charge in [-0.05, 0) is 62.1 Å². The molecule has 2 heterocycles. The van der Waals surface area contributed by atoms with E-state index in [9.17, 15) is 4.79 Å². The van der Waals surface area contributed by atoms with Gasteiger partial charge in [0.1, 0.15) is 5.75 Å². The Morgan fingerprint density at radius 2 is 1.96 bits per heavy atom. The summed E-state index contributed by atoms with van der Waals surface area (Å²) in [6.07, 6.45) is 7.45. The molecule has 0 aliphatic carbocycles. The molecule has 2 aliphatic rings. The largest absolute Gasteiger partial charge is 0.497 e. The van der Waals surface area contributed by atoms with Crippen molar-refractivity contribution in [2.24, 2.45) is 5.92 Å². The van der Waals surface area contributed by atoms with Crippen LogP contribution in [0.4, 0.5) is 0 Å². The molecule has 1 unspecified atom stereocenters. The van der Waals surface area contributed by atoms with Gasteiger partial charge in [0, 0.05) is 26.1 Å². The first-order valence-electron chi connectivity index (χ1n) is 9.27. The molecule has 24 heavy (non-hydrogen) atoms. The van der Waals surface area contributed by atoms with Gasteiger partial charge >= 0.3 is 0 Å². The van der Waals surface area contributed by atoms with Gasteiger partial charge in [0.15, 0.2) is 0 Å². The molecule has 0 radical (unpaired) electrons. The molecule has 2 aliphatic heterocycles. The van der Waals surface area contributed by atoms with Crippen LogP contribution in [-0.4, -0.2) is 43.7 Å². The Hall–Kier alpha value is -1.55. The van der Waals surface area contributed by atoms with E-state index in [-0.39, 0.29) is 0 Å². The smallest absolute Gasteiger partial charge is 0.222 e. The van der Waals surface area contributed by atoms with Gasteiger partial charge in [-0.1, -0.05) is 12.1 Å². The van der Waals surface area contributed by atoms with Crippen molar-refractivity contribution >= 4 is 5.91 Å². The van der Waals surface area contributed by atoms with Crippen LogP contribution in [0.25, 0.3) is 0 Å². The number of ether oxygens (including phenoxy) is 2. The minimum atomic E-state index is 0.313. The Balaban J connectivity index is 1.38. The number of likely N-dealkylation sites (tertiary alicyclic amines) is 1. The van der Waals surface area contributed by atoms with E-state index >= 15 is 0 Å². The van der Waals surface area contributed by atoms with Gasteiger partial charge in [0.25, 0.3) is 0 Å². The molecule has 0 N–H and O–H groups in total. The zero-order chi connectivity index (χ0) is 16.8. The van der Waals surface area contributed by atoms with E-state index in [1.807, 2.05) is 12.1 Å². The van der Waals surface area contributed by atoms with Crippen LogP contribution in [0.2, 0.25) is 0 Å². The van der Waals surface area contributed by atoms with Crippen molar-refractivity contribution in [3.8, 4) is 5.75 Å². The highest BCUT2D eigenvalue weighted by Gasteiger charge is 2.24. The molecule has 2 saturated heterocycles. The highest BCUT2D eigenvalue weighted by Crippen LogP contribution is 2.24. The summed E-state index contributed by atoms with van der Waals surface area (Å²) in [6.45, 7) is 2.69. The van der Waals surface area contributed by atoms with Crippen molar-refractivity contribution in [2.75, 3.05) is 26.8 Å². The summed E-state index contributed by atoms with van der Waals surface area (Å²) in [5.74, 6) is 1.90. The Morgan fingerprint density at radius 3 is 2.58 bits per heavy atom. The normalized spacial score (nSPS) is 21.9. The second-order valence-electron chi connectivity index (χ2n) is 7.05. The van der Waals surface area contributed by atoms with Gasteiger partial charge in [-0.15, -0.1) is 0 Å². The number of rotatable bonds is 6. The van der Waals surface area contributed by atoms with Crippen molar-refractivity contribution in [3.63, 3.8) is 0 Å². The number of methoxy groups -OCH3 is 1. The Labute approximate surface area is 145 Å². The lowest BCUT2D eigenvalue weighted by atomic mass is 9.90. The van der Waals surface area contributed by atoms with Gasteiger partial charge in [0.2, 0.25) is 5.91 Å². The number of hydrogen-bond acceptors (Lipinski definition) is 3. The van der Waals surface area contributed by atoms with Crippen molar-refractivity contribution in [1.29, 1.82) is 0 Å². The van der Waals surface area contributed by atoms with E-state index in [2.05, 4.69) is 17.0 Å². The molecule has 0 spiro atoms. The maximum Gasteiger partial charge on any atom is 0.222 e. The lowest BCUT2D eigenvalue weighted by Gasteiger charge is -2.32. The number of nitrogens with zero attached hydrogens (tertiary/aromatic N) is 1. The molecule has 1 aromatic rings. The third-order valence-electron chi connectivity index (χ3n) is 5.35. The Bertz CT molecular complexity index is 514. The Morgan fingerprint density at radius 1 is 1.21 bits per heavy atom. The fraction of sp³-hybridized carbons (Fsp3) is 0.650. The molecule has 1 aromatic carbocycles. The summed E-state index contributed by atoms with van der Waals surface area (Å²) in [6, 6.07) is 8.36. The standard InChI is InChI=1S/C20H29NO3/c1-23-18-6-4-16(5-7-18)15-17-10-12-21(13-11-17)20(22)9-8-19-3-2-14-24-19/h4-7,17,19H,2-3,8-15H2,1H3. The van der Waals surface area contributed by atoms with Gasteiger partial charge in [-0.3, -0.25) is 4.79 Å². The van der Waals surface area contributed by atoms with Crippen LogP contribution in [0, 0.1) is 5.92 Å². The zero-order valence-electron chi connectivity index (χ0n) is 14.7. The maximum atomic E-state index is 12.3. The fourth-order valence-corrected chi connectivity index (χ4v) is 3.80. The summed E-state index contributed by atoms with van der Waals surface area (Å²) in [5, 5.41) is 0. The van der Waals surface area contributed by atoms with E-state index < -0.39 is 0 Å². The molecular formula is C20H29NO3. The molecule has 4 heteroatoms. The minimum Gasteiger partial charge on any atom is -0.497 e. The highest BCUT2D eigenvalue weighted by molar-refractivity contribution is 5.76. The zero-order valence-corrected chi connectivity index (χ0v) is 14.7. The second-order valence-corrected chi connectivity index (χ2v) is 7.05. The molecule has 4 nitrogen and oxygen atoms in total. The number of piperidine rings is 1. The average Bonchev–Trinajstić information content (AvgIpc) is 3.14. The quantitative estimate of drug-likeness (QED) is 0.801. The lowest BCUT2D eigenvalue weighted by Crippen LogP contribution is -2.39. The van der Waals surface area contributed by atoms with Crippen molar-refractivity contribution in [3.05, 3.63) is 29.8 Å². The van der Waals surface area contributed by atoms with Crippen LogP contribution in [0.3, 0.4) is 0 Å². The van der Waals surface area contributed by atoms with E-state index in [4.69, 9.17) is 9.47 Å². The molecule has 3 rings (SSSR count). The summed E-state index contributed by atoms with van der Waals surface area (Å²) in [4.78, 5) is 14.4. The van der Waals surface area contributed by atoms with Crippen LogP contribution in [0.15, 0.2) is 24.3 Å². The molecule has 1 atom stereocenters. The van der Waals surface area contributed by atoms with Gasteiger partial charge < -0.3 is 14.4 Å². The van der Waals surface area contributed by atoms with Gasteiger partial charge in [-0.25, -0.2) is 0 Å². The molecule has 0 bridgehead atoms. The van der Waals surface area contributed by atoms with E-state index in [0.717, 1.165) is 64.0 Å². The summed E-state index contributed by atoms with van der Waals surface area (Å²) >= 11 is 0. The number of amides is 1. The van der Waals surface area contributed by atoms with E-state index in [1.54, 1.807) is 7.11 Å². The predicted molar refractivity (Wildman–Crippen MR) is 94.2 cm³/mol. The van der Waals surface area contributed by atoms with Gasteiger partial charge in [0.05, 0.1) is 13.2 Å². The van der Waals surface area contributed by atoms with E-state index in [0.29, 0.717) is 24.3 Å². The number of carbonyl (C=O) groups is 1. The Kier molecular flexibility index (Phi) is 6.13. The molecule has 0 saturated carbocycles. The first-order chi connectivity index (χ1) is 11.7. The third kappa shape index (κ3) is 4.73. The lowest BCUT2D eigenvalue weighted by molar-refractivity contribution is -0.133. The monoisotopic (exact) mass is 331 g/mol. The second kappa shape index (κ2) is 8.52. The molecule has 0 aromatic heterocycles. The predicted octanol–water partition coefficient (Wildman–Crippen LogP) is 3.44. The summed E-state index contributed by atoms with van der Waals surface area (Å²) in [7, 11) is 1.70. The first kappa shape index (κ1) is 17.3. The van der Waals surface area contributed by atoms with Crippen LogP contribution in [-0.2, 0) is 16.0 Å². The molecular weight excluding hydrogens is 302 g/mol. The van der Waals surface area contributed by atoms with Crippen LogP contribution in [0.5, 0.6) is 5.75 Å². The van der Waals surface area contributed by atoms with Crippen LogP contribution >= 0.6 is 0 Å². The molecule has 1 amide bonds. The minimum absolute atomic E-state index is 0.313. The number of carbonyl (C=O) groups excluding carboxylic acids is 1. The summed E-state index contributed by atoms with van der Waals surface area (Å²) in [5.41, 5.74) is 1.36. The maximum absolute atomic E-state index is 12.3. The number of benzene rings is 1. The fourth-order valence-electron chi connectivity index (χ4n) is 3.80. The van der Waals surface area contributed by atoms with Crippen molar-refractivity contribution in [2.45, 2.75) is 51.0 Å². The van der Waals surface area contributed by atoms with Crippen LogP contribution in [0.1, 0.15) is 44.1 Å². The topological polar surface area (TPSA) is 38.8 Å². The molecule has 2 fully saturated rings. The van der Waals surface area contributed by atoms with Crippen LogP contribution < -0.4 is 4.74 Å². The highest BCUT2D eigenvalue weighted by atomic mass is 16.5. The third-order valence-corrected chi connectivity index (χ3v) is 5.35. The molecule has 132 valence electrons. The SMILES string of the molecule is COc1ccc(CC2CCN(C(=O)CCC3CCCO3)CC2)cc1. The number of hydrogen-bond donors (Lipinski definition) is 0. The van der Waals surface area contributed by atoms with E-state index in [1.165, 1.54) is 5.56 Å². The average molecular weight is 331 g/mol. The van der Waals surface area contributed by atoms with Crippen molar-refractivity contribution < 1.29 is 14.3 Å².